The zero-order valence-electron chi connectivity index (χ0n) is 44.2. The summed E-state index contributed by atoms with van der Waals surface area (Å²) < 4.78 is 4.65. The number of halogens is 2. The number of aromatic nitrogens is 7. The minimum absolute atomic E-state index is 0.0528. The summed E-state index contributed by atoms with van der Waals surface area (Å²) >= 11 is 13.2. The van der Waals surface area contributed by atoms with Crippen LogP contribution in [0.15, 0.2) is 84.0 Å². The van der Waals surface area contributed by atoms with E-state index < -0.39 is 12.2 Å². The Morgan fingerprint density at radius 1 is 0.846 bits per heavy atom. The molecule has 9 rings (SSSR count). The lowest BCUT2D eigenvalue weighted by molar-refractivity contribution is -0.136. The predicted molar refractivity (Wildman–Crippen MR) is 300 cm³/mol. The molecule has 7 aromatic rings. The van der Waals surface area contributed by atoms with E-state index in [2.05, 4.69) is 36.1 Å². The zero-order chi connectivity index (χ0) is 54.9. The van der Waals surface area contributed by atoms with Crippen molar-refractivity contribution in [3.05, 3.63) is 122 Å². The Kier molecular flexibility index (Phi) is 18.1. The summed E-state index contributed by atoms with van der Waals surface area (Å²) in [5.41, 5.74) is 6.71. The number of nitrogens with one attached hydrogen (secondary N) is 4. The van der Waals surface area contributed by atoms with Crippen LogP contribution in [0.5, 0.6) is 0 Å². The number of aromatic amines is 1. The average molecular weight is 1100 g/mol. The number of aliphatic hydroxyl groups is 2. The molecule has 1 saturated heterocycles. The Labute approximate surface area is 462 Å². The van der Waals surface area contributed by atoms with E-state index >= 15 is 0 Å². The standard InChI is InChI=1S/C57H68Cl2N12O7/c1-37(39-12-8-7-9-13-39)28-48(75)68-26-20-57(78,21-27-68)35-70-36-63-53-54(56(70)77)66-67(2)55(53)40-16-14-38(15-17-40)30-60-31-46(73)61-22-10-5-3-4-6-11-23-62-47(74)33-71-25-19-45(65-71)41-29-43(58)51(59)52-50(41)42-32-69(49(76)34-72)24-18-44(42)64-52/h7-9,12-17,19,25,29,36-37,60,64,72,78H,3-6,10-11,18,20-24,26-28,30-35H2,1-2H3,(H,61,73)(H,62,74)/t37-/m1/s1. The molecular formula is C57H68Cl2N12O7. The highest BCUT2D eigenvalue weighted by atomic mass is 35.5. The average Bonchev–Trinajstić information content (AvgIpc) is 4.38. The number of carbonyl (C=O) groups is 4. The van der Waals surface area contributed by atoms with Gasteiger partial charge in [0.2, 0.25) is 23.6 Å². The van der Waals surface area contributed by atoms with Gasteiger partial charge in [-0.15, -0.1) is 0 Å². The van der Waals surface area contributed by atoms with Crippen LogP contribution in [0.1, 0.15) is 93.0 Å². The number of hydrogen-bond donors (Lipinski definition) is 6. The van der Waals surface area contributed by atoms with Gasteiger partial charge in [0.1, 0.15) is 18.7 Å². The van der Waals surface area contributed by atoms with Gasteiger partial charge in [-0.05, 0) is 54.9 Å². The molecule has 0 aliphatic carbocycles. The first-order chi connectivity index (χ1) is 37.7. The molecule has 4 amide bonds. The van der Waals surface area contributed by atoms with Gasteiger partial charge in [-0.1, -0.05) is 110 Å². The van der Waals surface area contributed by atoms with Gasteiger partial charge in [-0.3, -0.25) is 37.9 Å². The molecule has 1 fully saturated rings. The van der Waals surface area contributed by atoms with Gasteiger partial charge in [-0.25, -0.2) is 4.98 Å². The van der Waals surface area contributed by atoms with Gasteiger partial charge in [0.25, 0.3) is 5.56 Å². The van der Waals surface area contributed by atoms with E-state index in [1.165, 1.54) is 10.9 Å². The quantitative estimate of drug-likeness (QED) is 0.0393. The molecule has 0 radical (unpaired) electrons. The molecule has 0 bridgehead atoms. The summed E-state index contributed by atoms with van der Waals surface area (Å²) in [4.78, 5) is 76.0. The molecule has 3 aromatic carbocycles. The van der Waals surface area contributed by atoms with Crippen LogP contribution in [-0.4, -0.2) is 129 Å². The normalized spacial score (nSPS) is 14.7. The maximum atomic E-state index is 13.7. The minimum atomic E-state index is -1.16. The Bertz CT molecular complexity index is 3330. The van der Waals surface area contributed by atoms with Crippen molar-refractivity contribution in [1.82, 2.24) is 59.8 Å². The molecule has 6 N–H and O–H groups in total. The third-order valence-electron chi connectivity index (χ3n) is 15.1. The van der Waals surface area contributed by atoms with E-state index in [-0.39, 0.29) is 60.3 Å². The van der Waals surface area contributed by atoms with Gasteiger partial charge in [0, 0.05) is 99.7 Å². The van der Waals surface area contributed by atoms with Crippen LogP contribution >= 0.6 is 23.2 Å². The maximum absolute atomic E-state index is 13.7. The number of nitrogens with zero attached hydrogens (tertiary/aromatic N) is 8. The molecule has 0 unspecified atom stereocenters. The van der Waals surface area contributed by atoms with E-state index in [4.69, 9.17) is 23.2 Å². The summed E-state index contributed by atoms with van der Waals surface area (Å²) in [6.45, 7) is 5.07. The molecule has 19 nitrogen and oxygen atoms in total. The number of aryl methyl sites for hydroxylation is 1. The lowest BCUT2D eigenvalue weighted by Gasteiger charge is -2.38. The lowest BCUT2D eigenvalue weighted by Crippen LogP contribution is -2.49. The molecular weight excluding hydrogens is 1040 g/mol. The molecule has 4 aromatic heterocycles. The van der Waals surface area contributed by atoms with Crippen molar-refractivity contribution in [3.8, 4) is 22.5 Å². The molecule has 6 heterocycles. The van der Waals surface area contributed by atoms with Crippen LogP contribution in [0.2, 0.25) is 10.0 Å². The number of benzene rings is 3. The van der Waals surface area contributed by atoms with E-state index in [1.807, 2.05) is 72.5 Å². The number of carbonyl (C=O) groups excluding carboxylic acids is 4. The van der Waals surface area contributed by atoms with E-state index in [9.17, 15) is 34.2 Å². The smallest absolute Gasteiger partial charge is 0.281 e. The second-order valence-electron chi connectivity index (χ2n) is 20.8. The number of amides is 4. The number of fused-ring (bicyclic) bond motifs is 4. The van der Waals surface area contributed by atoms with E-state index in [0.717, 1.165) is 77.4 Å². The van der Waals surface area contributed by atoms with Gasteiger partial charge in [0.05, 0.1) is 52.0 Å². The SMILES string of the molecule is C[C@H](CC(=O)N1CCC(O)(Cn2cnc3c(-c4ccc(CNCC(=O)NCCCCCCCCNC(=O)Cn5ccc(-c6cc(Cl)c(Cl)c7[nH]c8c(c67)CN(C(=O)CO)CC8)n5)cc4)n(C)nc3c2=O)CC1)c1ccccc1. The van der Waals surface area contributed by atoms with Gasteiger partial charge in [0.15, 0.2) is 5.52 Å². The molecule has 21 heteroatoms. The first-order valence-electron chi connectivity index (χ1n) is 26.9. The predicted octanol–water partition coefficient (Wildman–Crippen LogP) is 6.24. The second-order valence-corrected chi connectivity index (χ2v) is 21.5. The maximum Gasteiger partial charge on any atom is 0.281 e. The number of likely N-dealkylation sites (tertiary alicyclic amines) is 1. The van der Waals surface area contributed by atoms with Crippen LogP contribution in [-0.2, 0) is 58.8 Å². The Hall–Kier alpha value is -6.90. The molecule has 0 saturated carbocycles. The van der Waals surface area contributed by atoms with Crippen LogP contribution in [0.3, 0.4) is 0 Å². The van der Waals surface area contributed by atoms with Crippen molar-refractivity contribution in [2.24, 2.45) is 7.05 Å². The Balaban J connectivity index is 0.635. The highest BCUT2D eigenvalue weighted by molar-refractivity contribution is 6.45. The Morgan fingerprint density at radius 2 is 1.55 bits per heavy atom. The highest BCUT2D eigenvalue weighted by Crippen LogP contribution is 2.42. The van der Waals surface area contributed by atoms with Gasteiger partial charge >= 0.3 is 0 Å². The van der Waals surface area contributed by atoms with Gasteiger partial charge in [-0.2, -0.15) is 10.2 Å². The number of H-pyrrole nitrogens is 1. The van der Waals surface area contributed by atoms with Crippen molar-refractivity contribution in [2.75, 3.05) is 45.9 Å². The molecule has 78 heavy (non-hydrogen) atoms. The fourth-order valence-corrected chi connectivity index (χ4v) is 11.1. The Morgan fingerprint density at radius 3 is 2.27 bits per heavy atom. The first-order valence-corrected chi connectivity index (χ1v) is 27.7. The van der Waals surface area contributed by atoms with Crippen molar-refractivity contribution in [3.63, 3.8) is 0 Å². The monoisotopic (exact) mass is 1100 g/mol. The van der Waals surface area contributed by atoms with Crippen LogP contribution in [0.25, 0.3) is 44.5 Å². The largest absolute Gasteiger partial charge is 0.388 e. The fraction of sp³-hybridized carbons (Fsp3) is 0.439. The summed E-state index contributed by atoms with van der Waals surface area (Å²) in [6.07, 6.45) is 10.7. The molecule has 1 atom stereocenters. The summed E-state index contributed by atoms with van der Waals surface area (Å²) in [7, 11) is 1.77. The third-order valence-corrected chi connectivity index (χ3v) is 15.9. The first kappa shape index (κ1) is 55.8. The minimum Gasteiger partial charge on any atom is -0.388 e. The second kappa shape index (κ2) is 25.3. The number of unbranched alkanes of at least 4 members (excludes halogenated alkanes) is 5. The van der Waals surface area contributed by atoms with E-state index in [1.54, 1.807) is 33.6 Å². The number of piperidine rings is 1. The number of rotatable bonds is 23. The van der Waals surface area contributed by atoms with Crippen LogP contribution in [0.4, 0.5) is 0 Å². The van der Waals surface area contributed by atoms with Crippen LogP contribution in [0, 0.1) is 0 Å². The molecule has 0 spiro atoms. The van der Waals surface area contributed by atoms with Crippen molar-refractivity contribution in [2.45, 2.75) is 109 Å². The molecule has 2 aliphatic rings. The van der Waals surface area contributed by atoms with Crippen molar-refractivity contribution >= 4 is 68.8 Å². The molecule has 2 aliphatic heterocycles. The molecule has 412 valence electrons. The summed E-state index contributed by atoms with van der Waals surface area (Å²) in [5.74, 6) is -0.400. The van der Waals surface area contributed by atoms with Gasteiger partial charge < -0.3 is 40.9 Å². The van der Waals surface area contributed by atoms with Crippen LogP contribution < -0.4 is 21.5 Å². The van der Waals surface area contributed by atoms with Crippen molar-refractivity contribution < 1.29 is 29.4 Å². The lowest BCUT2D eigenvalue weighted by atomic mass is 9.90. The highest BCUT2D eigenvalue weighted by Gasteiger charge is 2.35. The zero-order valence-corrected chi connectivity index (χ0v) is 45.7. The number of aliphatic hydroxyl groups excluding tert-OH is 1. The number of hydrogen-bond acceptors (Lipinski definition) is 11. The fourth-order valence-electron chi connectivity index (χ4n) is 10.7. The topological polar surface area (TPSA) is 238 Å². The van der Waals surface area contributed by atoms with Crippen molar-refractivity contribution in [1.29, 1.82) is 0 Å². The third kappa shape index (κ3) is 13.2. The van der Waals surface area contributed by atoms with E-state index in [0.29, 0.717) is 104 Å². The summed E-state index contributed by atoms with van der Waals surface area (Å²) in [6, 6.07) is 21.4. The summed E-state index contributed by atoms with van der Waals surface area (Å²) in [5, 5.41) is 41.0.